The molecule has 0 aliphatic carbocycles. The fourth-order valence-electron chi connectivity index (χ4n) is 3.16. The van der Waals surface area contributed by atoms with Crippen LogP contribution >= 0.6 is 15.9 Å². The van der Waals surface area contributed by atoms with E-state index in [1.54, 1.807) is 48.5 Å². The third-order valence-corrected chi connectivity index (χ3v) is 5.39. The van der Waals surface area contributed by atoms with Gasteiger partial charge in [0.25, 0.3) is 11.5 Å². The molecule has 36 heavy (non-hydrogen) atoms. The van der Waals surface area contributed by atoms with Crippen LogP contribution in [0, 0.1) is 11.3 Å². The summed E-state index contributed by atoms with van der Waals surface area (Å²) < 4.78 is 46.8. The van der Waals surface area contributed by atoms with Crippen molar-refractivity contribution in [1.82, 2.24) is 9.38 Å². The number of alkyl halides is 3. The number of fused-ring (bicyclic) bond motifs is 1. The highest BCUT2D eigenvalue weighted by Gasteiger charge is 2.30. The van der Waals surface area contributed by atoms with Crippen LogP contribution in [0.15, 0.2) is 87.8 Å². The van der Waals surface area contributed by atoms with Crippen LogP contribution in [0.4, 0.5) is 18.9 Å². The number of rotatable bonds is 5. The van der Waals surface area contributed by atoms with Crippen molar-refractivity contribution in [2.75, 3.05) is 5.32 Å². The standard InChI is InChI=1S/C25H14BrF3N4O3/c26-17-7-9-19(10-8-17)36-23-20(24(35)33-11-2-1-6-21(33)32-23)12-15(14-30)22(34)31-18-5-3-4-16(13-18)25(27,28)29/h1-13H,(H,31,34)/b15-12-. The zero-order valence-electron chi connectivity index (χ0n) is 18.1. The van der Waals surface area contributed by atoms with Gasteiger partial charge in [-0.2, -0.15) is 23.4 Å². The largest absolute Gasteiger partial charge is 0.438 e. The first kappa shape index (κ1) is 24.7. The zero-order valence-corrected chi connectivity index (χ0v) is 19.7. The van der Waals surface area contributed by atoms with Gasteiger partial charge in [-0.1, -0.05) is 28.1 Å². The van der Waals surface area contributed by atoms with E-state index >= 15 is 0 Å². The molecule has 2 aromatic heterocycles. The Morgan fingerprint density at radius 3 is 2.56 bits per heavy atom. The molecular formula is C25H14BrF3N4O3. The monoisotopic (exact) mass is 554 g/mol. The van der Waals surface area contributed by atoms with Crippen molar-refractivity contribution in [1.29, 1.82) is 5.26 Å². The lowest BCUT2D eigenvalue weighted by atomic mass is 10.1. The summed E-state index contributed by atoms with van der Waals surface area (Å²) in [5.74, 6) is -0.830. The van der Waals surface area contributed by atoms with Crippen molar-refractivity contribution in [3.05, 3.63) is 104 Å². The van der Waals surface area contributed by atoms with E-state index in [1.807, 2.05) is 0 Å². The Kier molecular flexibility index (Phi) is 6.89. The third kappa shape index (κ3) is 5.45. The number of benzene rings is 2. The molecule has 0 aliphatic heterocycles. The van der Waals surface area contributed by atoms with Crippen molar-refractivity contribution in [3.63, 3.8) is 0 Å². The van der Waals surface area contributed by atoms with E-state index in [0.29, 0.717) is 5.75 Å². The Morgan fingerprint density at radius 1 is 1.11 bits per heavy atom. The van der Waals surface area contributed by atoms with Gasteiger partial charge < -0.3 is 10.1 Å². The number of hydrogen-bond donors (Lipinski definition) is 1. The van der Waals surface area contributed by atoms with E-state index in [-0.39, 0.29) is 22.8 Å². The predicted octanol–water partition coefficient (Wildman–Crippen LogP) is 5.81. The zero-order chi connectivity index (χ0) is 25.9. The van der Waals surface area contributed by atoms with Crippen LogP contribution in [0.3, 0.4) is 0 Å². The number of amides is 1. The number of nitrogens with zero attached hydrogens (tertiary/aromatic N) is 3. The second-order valence-electron chi connectivity index (χ2n) is 7.32. The van der Waals surface area contributed by atoms with Crippen molar-refractivity contribution < 1.29 is 22.7 Å². The topological polar surface area (TPSA) is 96.5 Å². The lowest BCUT2D eigenvalue weighted by Gasteiger charge is -2.11. The molecule has 1 amide bonds. The molecule has 4 aromatic rings. The lowest BCUT2D eigenvalue weighted by Crippen LogP contribution is -2.20. The van der Waals surface area contributed by atoms with E-state index in [1.165, 1.54) is 16.7 Å². The smallest absolute Gasteiger partial charge is 0.416 e. The van der Waals surface area contributed by atoms with E-state index in [0.717, 1.165) is 28.7 Å². The molecular weight excluding hydrogens is 541 g/mol. The molecule has 0 unspecified atom stereocenters. The number of ether oxygens (including phenoxy) is 1. The quantitative estimate of drug-likeness (QED) is 0.248. The number of nitriles is 1. The molecule has 0 fully saturated rings. The number of halogens is 4. The molecule has 0 saturated heterocycles. The van der Waals surface area contributed by atoms with E-state index in [9.17, 15) is 28.0 Å². The summed E-state index contributed by atoms with van der Waals surface area (Å²) in [5.41, 5.74) is -2.23. The lowest BCUT2D eigenvalue weighted by molar-refractivity contribution is -0.137. The van der Waals surface area contributed by atoms with Crippen LogP contribution in [-0.4, -0.2) is 15.3 Å². The van der Waals surface area contributed by atoms with E-state index in [4.69, 9.17) is 4.74 Å². The average Bonchev–Trinajstić information content (AvgIpc) is 2.85. The van der Waals surface area contributed by atoms with Gasteiger partial charge in [0.05, 0.1) is 5.56 Å². The molecule has 1 N–H and O–H groups in total. The fourth-order valence-corrected chi connectivity index (χ4v) is 3.43. The van der Waals surface area contributed by atoms with Gasteiger partial charge in [-0.15, -0.1) is 0 Å². The first-order valence-corrected chi connectivity index (χ1v) is 11.0. The Morgan fingerprint density at radius 2 is 1.86 bits per heavy atom. The summed E-state index contributed by atoms with van der Waals surface area (Å²) in [4.78, 5) is 30.3. The van der Waals surface area contributed by atoms with Gasteiger partial charge in [-0.05, 0) is 60.7 Å². The number of carbonyl (C=O) groups excluding carboxylic acids is 1. The van der Waals surface area contributed by atoms with Crippen LogP contribution in [-0.2, 0) is 11.0 Å². The highest BCUT2D eigenvalue weighted by atomic mass is 79.9. The molecule has 11 heteroatoms. The van der Waals surface area contributed by atoms with Crippen LogP contribution in [0.25, 0.3) is 11.7 Å². The number of nitrogens with one attached hydrogen (secondary N) is 1. The molecule has 2 aromatic carbocycles. The van der Waals surface area contributed by atoms with Crippen molar-refractivity contribution in [2.24, 2.45) is 0 Å². The highest BCUT2D eigenvalue weighted by Crippen LogP contribution is 2.31. The molecule has 0 aliphatic rings. The van der Waals surface area contributed by atoms with Crippen molar-refractivity contribution in [2.45, 2.75) is 6.18 Å². The molecule has 0 radical (unpaired) electrons. The Labute approximate surface area is 210 Å². The summed E-state index contributed by atoms with van der Waals surface area (Å²) in [6.45, 7) is 0. The normalized spacial score (nSPS) is 11.7. The maximum absolute atomic E-state index is 13.2. The molecule has 2 heterocycles. The van der Waals surface area contributed by atoms with Crippen LogP contribution in [0.1, 0.15) is 11.1 Å². The van der Waals surface area contributed by atoms with Crippen LogP contribution in [0.5, 0.6) is 11.6 Å². The number of carbonyl (C=O) groups is 1. The summed E-state index contributed by atoms with van der Waals surface area (Å²) >= 11 is 3.31. The molecule has 0 bridgehead atoms. The minimum Gasteiger partial charge on any atom is -0.438 e. The average molecular weight is 555 g/mol. The minimum absolute atomic E-state index is 0.159. The van der Waals surface area contributed by atoms with Gasteiger partial charge in [0.1, 0.15) is 28.6 Å². The van der Waals surface area contributed by atoms with E-state index in [2.05, 4.69) is 26.2 Å². The summed E-state index contributed by atoms with van der Waals surface area (Å²) in [6, 6.07) is 17.2. The highest BCUT2D eigenvalue weighted by molar-refractivity contribution is 9.10. The molecule has 0 atom stereocenters. The fraction of sp³-hybridized carbons (Fsp3) is 0.0400. The number of aromatic nitrogens is 2. The number of anilines is 1. The summed E-state index contributed by atoms with van der Waals surface area (Å²) in [6.07, 6.45) is -2.16. The Hall–Kier alpha value is -4.43. The van der Waals surface area contributed by atoms with Gasteiger partial charge in [-0.3, -0.25) is 14.0 Å². The molecule has 0 saturated carbocycles. The van der Waals surface area contributed by atoms with Gasteiger partial charge >= 0.3 is 6.18 Å². The van der Waals surface area contributed by atoms with Crippen molar-refractivity contribution >= 4 is 39.2 Å². The van der Waals surface area contributed by atoms with Gasteiger partial charge in [0.15, 0.2) is 0 Å². The van der Waals surface area contributed by atoms with Crippen LogP contribution < -0.4 is 15.6 Å². The number of pyridine rings is 1. The first-order chi connectivity index (χ1) is 17.2. The first-order valence-electron chi connectivity index (χ1n) is 10.2. The minimum atomic E-state index is -4.61. The van der Waals surface area contributed by atoms with Gasteiger partial charge in [-0.25, -0.2) is 0 Å². The molecule has 7 nitrogen and oxygen atoms in total. The van der Waals surface area contributed by atoms with Crippen molar-refractivity contribution in [3.8, 4) is 17.7 Å². The number of hydrogen-bond acceptors (Lipinski definition) is 5. The predicted molar refractivity (Wildman–Crippen MR) is 129 cm³/mol. The third-order valence-electron chi connectivity index (χ3n) is 4.86. The van der Waals surface area contributed by atoms with E-state index < -0.39 is 28.8 Å². The molecule has 180 valence electrons. The van der Waals surface area contributed by atoms with Gasteiger partial charge in [0, 0.05) is 16.4 Å². The SMILES string of the molecule is N#C/C(=C/c1c(Oc2ccc(Br)cc2)nc2ccccn2c1=O)C(=O)Nc1cccc(C(F)(F)F)c1. The second-order valence-corrected chi connectivity index (χ2v) is 8.24. The Bertz CT molecular complexity index is 1590. The maximum atomic E-state index is 13.2. The maximum Gasteiger partial charge on any atom is 0.416 e. The Balaban J connectivity index is 1.76. The van der Waals surface area contributed by atoms with Gasteiger partial charge in [0.2, 0.25) is 5.88 Å². The summed E-state index contributed by atoms with van der Waals surface area (Å²) in [5, 5.41) is 11.9. The second kappa shape index (κ2) is 10.1. The molecule has 0 spiro atoms. The van der Waals surface area contributed by atoms with Crippen LogP contribution in [0.2, 0.25) is 0 Å². The molecule has 4 rings (SSSR count). The summed E-state index contributed by atoms with van der Waals surface area (Å²) in [7, 11) is 0.